The predicted molar refractivity (Wildman–Crippen MR) is 69.2 cm³/mol. The van der Waals surface area contributed by atoms with Gasteiger partial charge in [-0.25, -0.2) is 0 Å². The van der Waals surface area contributed by atoms with Gasteiger partial charge in [0.15, 0.2) is 0 Å². The Kier molecular flexibility index (Phi) is 5.73. The van der Waals surface area contributed by atoms with Crippen LogP contribution in [0, 0.1) is 0 Å². The number of hydrogen-bond acceptors (Lipinski definition) is 1. The van der Waals surface area contributed by atoms with Gasteiger partial charge < -0.3 is 9.80 Å². The third kappa shape index (κ3) is 5.31. The van der Waals surface area contributed by atoms with E-state index < -0.39 is 0 Å². The molecule has 94 valence electrons. The summed E-state index contributed by atoms with van der Waals surface area (Å²) >= 11 is 0. The van der Waals surface area contributed by atoms with Gasteiger partial charge in [0.2, 0.25) is 5.91 Å². The van der Waals surface area contributed by atoms with Crippen LogP contribution in [0.2, 0.25) is 0 Å². The van der Waals surface area contributed by atoms with Crippen LogP contribution in [-0.4, -0.2) is 43.6 Å². The first-order chi connectivity index (χ1) is 7.28. The topological polar surface area (TPSA) is 29.1 Å². The lowest BCUT2D eigenvalue weighted by Gasteiger charge is -2.35. The molecule has 0 saturated carbocycles. The van der Waals surface area contributed by atoms with Crippen LogP contribution in [0.3, 0.4) is 0 Å². The predicted octanol–water partition coefficient (Wildman–Crippen LogP) is 1.94. The molecule has 1 amide bonds. The fourth-order valence-electron chi connectivity index (χ4n) is 1.70. The standard InChI is InChI=1S/C13H26N2O/c1-7-12(16)14-13(8-2,9-3)10-11-15(4,5)6/h7H,1,8-11H2,2-6H3/p+1. The first-order valence-corrected chi connectivity index (χ1v) is 6.03. The van der Waals surface area contributed by atoms with Gasteiger partial charge in [-0.15, -0.1) is 0 Å². The molecule has 1 N–H and O–H groups in total. The van der Waals surface area contributed by atoms with Crippen LogP contribution in [0.5, 0.6) is 0 Å². The third-order valence-corrected chi connectivity index (χ3v) is 3.19. The van der Waals surface area contributed by atoms with Gasteiger partial charge in [-0.1, -0.05) is 20.4 Å². The van der Waals surface area contributed by atoms with Gasteiger partial charge in [0, 0.05) is 12.0 Å². The lowest BCUT2D eigenvalue weighted by Crippen LogP contribution is -2.50. The first kappa shape index (κ1) is 15.2. The van der Waals surface area contributed by atoms with Crippen molar-refractivity contribution in [3.8, 4) is 0 Å². The largest absolute Gasteiger partial charge is 0.347 e. The summed E-state index contributed by atoms with van der Waals surface area (Å²) in [6, 6.07) is 0. The van der Waals surface area contributed by atoms with Crippen molar-refractivity contribution < 1.29 is 9.28 Å². The molecule has 0 aliphatic heterocycles. The minimum Gasteiger partial charge on any atom is -0.347 e. The average molecular weight is 227 g/mol. The summed E-state index contributed by atoms with van der Waals surface area (Å²) in [7, 11) is 6.52. The summed E-state index contributed by atoms with van der Waals surface area (Å²) in [4.78, 5) is 11.4. The molecule has 0 saturated heterocycles. The van der Waals surface area contributed by atoms with Gasteiger partial charge in [-0.2, -0.15) is 0 Å². The normalized spacial score (nSPS) is 12.3. The first-order valence-electron chi connectivity index (χ1n) is 6.03. The molecule has 3 heteroatoms. The Hall–Kier alpha value is -0.830. The molecule has 0 unspecified atom stereocenters. The van der Waals surface area contributed by atoms with Crippen molar-refractivity contribution in [2.24, 2.45) is 0 Å². The Morgan fingerprint density at radius 2 is 1.81 bits per heavy atom. The number of rotatable bonds is 7. The second-order valence-electron chi connectivity index (χ2n) is 5.44. The Morgan fingerprint density at radius 1 is 1.31 bits per heavy atom. The van der Waals surface area contributed by atoms with Gasteiger partial charge in [0.25, 0.3) is 0 Å². The van der Waals surface area contributed by atoms with E-state index in [4.69, 9.17) is 0 Å². The number of quaternary nitrogens is 1. The SMILES string of the molecule is C=CC(=O)NC(CC)(CC)CC[N+](C)(C)C. The molecule has 0 aliphatic carbocycles. The van der Waals surface area contributed by atoms with Crippen molar-refractivity contribution in [3.63, 3.8) is 0 Å². The highest BCUT2D eigenvalue weighted by atomic mass is 16.1. The van der Waals surface area contributed by atoms with E-state index in [-0.39, 0.29) is 11.4 Å². The Labute approximate surface area is 100 Å². The highest BCUT2D eigenvalue weighted by Crippen LogP contribution is 2.20. The number of carbonyl (C=O) groups excluding carboxylic acids is 1. The highest BCUT2D eigenvalue weighted by Gasteiger charge is 2.29. The van der Waals surface area contributed by atoms with Crippen molar-refractivity contribution in [1.29, 1.82) is 0 Å². The second-order valence-corrected chi connectivity index (χ2v) is 5.44. The summed E-state index contributed by atoms with van der Waals surface area (Å²) in [6.45, 7) is 8.82. The zero-order chi connectivity index (χ0) is 12.8. The van der Waals surface area contributed by atoms with Crippen molar-refractivity contribution in [1.82, 2.24) is 5.32 Å². The second kappa shape index (κ2) is 6.04. The van der Waals surface area contributed by atoms with E-state index in [0.717, 1.165) is 30.3 Å². The lowest BCUT2D eigenvalue weighted by atomic mass is 9.88. The molecule has 0 radical (unpaired) electrons. The van der Waals surface area contributed by atoms with E-state index in [2.05, 4.69) is 46.9 Å². The van der Waals surface area contributed by atoms with Gasteiger partial charge >= 0.3 is 0 Å². The molecule has 16 heavy (non-hydrogen) atoms. The van der Waals surface area contributed by atoms with Crippen LogP contribution in [0.4, 0.5) is 0 Å². The monoisotopic (exact) mass is 227 g/mol. The van der Waals surface area contributed by atoms with Crippen LogP contribution in [-0.2, 0) is 4.79 Å². The third-order valence-electron chi connectivity index (χ3n) is 3.19. The van der Waals surface area contributed by atoms with Crippen molar-refractivity contribution in [3.05, 3.63) is 12.7 Å². The molecular weight excluding hydrogens is 200 g/mol. The molecule has 0 aromatic rings. The van der Waals surface area contributed by atoms with Crippen molar-refractivity contribution in [2.75, 3.05) is 27.7 Å². The molecule has 0 fully saturated rings. The Bertz CT molecular complexity index is 237. The van der Waals surface area contributed by atoms with E-state index in [1.807, 2.05) is 0 Å². The summed E-state index contributed by atoms with van der Waals surface area (Å²) < 4.78 is 0.922. The zero-order valence-electron chi connectivity index (χ0n) is 11.5. The van der Waals surface area contributed by atoms with Crippen LogP contribution in [0.15, 0.2) is 12.7 Å². The van der Waals surface area contributed by atoms with Crippen LogP contribution in [0.25, 0.3) is 0 Å². The molecule has 0 aliphatic rings. The molecule has 0 spiro atoms. The maximum absolute atomic E-state index is 11.4. The maximum Gasteiger partial charge on any atom is 0.243 e. The van der Waals surface area contributed by atoms with E-state index in [0.29, 0.717) is 0 Å². The molecule has 0 atom stereocenters. The van der Waals surface area contributed by atoms with Crippen LogP contribution >= 0.6 is 0 Å². The Morgan fingerprint density at radius 3 is 2.12 bits per heavy atom. The molecule has 0 heterocycles. The quantitative estimate of drug-likeness (QED) is 0.523. The number of amides is 1. The summed E-state index contributed by atoms with van der Waals surface area (Å²) in [5.74, 6) is -0.0647. The minimum atomic E-state index is -0.0726. The zero-order valence-corrected chi connectivity index (χ0v) is 11.5. The summed E-state index contributed by atoms with van der Waals surface area (Å²) in [5, 5.41) is 3.09. The number of nitrogens with zero attached hydrogens (tertiary/aromatic N) is 1. The van der Waals surface area contributed by atoms with Crippen molar-refractivity contribution in [2.45, 2.75) is 38.6 Å². The molecule has 0 bridgehead atoms. The van der Waals surface area contributed by atoms with E-state index >= 15 is 0 Å². The van der Waals surface area contributed by atoms with Crippen LogP contribution < -0.4 is 5.32 Å². The fraction of sp³-hybridized carbons (Fsp3) is 0.769. The fourth-order valence-corrected chi connectivity index (χ4v) is 1.70. The smallest absolute Gasteiger partial charge is 0.243 e. The number of hydrogen-bond donors (Lipinski definition) is 1. The summed E-state index contributed by atoms with van der Waals surface area (Å²) in [6.07, 6.45) is 4.28. The molecule has 0 aromatic heterocycles. The molecular formula is C13H27N2O+. The number of carbonyl (C=O) groups is 1. The van der Waals surface area contributed by atoms with E-state index in [1.54, 1.807) is 0 Å². The average Bonchev–Trinajstić information content (AvgIpc) is 2.23. The van der Waals surface area contributed by atoms with E-state index in [9.17, 15) is 4.79 Å². The lowest BCUT2D eigenvalue weighted by molar-refractivity contribution is -0.871. The van der Waals surface area contributed by atoms with Gasteiger partial charge in [0.1, 0.15) is 0 Å². The highest BCUT2D eigenvalue weighted by molar-refractivity contribution is 5.87. The van der Waals surface area contributed by atoms with E-state index in [1.165, 1.54) is 6.08 Å². The summed E-state index contributed by atoms with van der Waals surface area (Å²) in [5.41, 5.74) is -0.0726. The Balaban J connectivity index is 4.55. The van der Waals surface area contributed by atoms with Gasteiger partial charge in [0.05, 0.1) is 27.7 Å². The maximum atomic E-state index is 11.4. The van der Waals surface area contributed by atoms with Gasteiger partial charge in [-0.3, -0.25) is 4.79 Å². The molecule has 0 aromatic carbocycles. The van der Waals surface area contributed by atoms with Crippen LogP contribution in [0.1, 0.15) is 33.1 Å². The van der Waals surface area contributed by atoms with Gasteiger partial charge in [-0.05, 0) is 18.9 Å². The molecule has 3 nitrogen and oxygen atoms in total. The molecule has 0 rings (SSSR count). The minimum absolute atomic E-state index is 0.0647. The van der Waals surface area contributed by atoms with Crippen molar-refractivity contribution >= 4 is 5.91 Å². The number of nitrogens with one attached hydrogen (secondary N) is 1.